The summed E-state index contributed by atoms with van der Waals surface area (Å²) < 4.78 is 10.6. The summed E-state index contributed by atoms with van der Waals surface area (Å²) in [6.07, 6.45) is 6.56. The van der Waals surface area contributed by atoms with Gasteiger partial charge in [-0.25, -0.2) is 0 Å². The zero-order valence-corrected chi connectivity index (χ0v) is 15.7. The predicted molar refractivity (Wildman–Crippen MR) is 107 cm³/mol. The molecule has 2 amide bonds. The summed E-state index contributed by atoms with van der Waals surface area (Å²) in [6, 6.07) is 12.3. The molecule has 0 radical (unpaired) electrons. The first-order valence-electron chi connectivity index (χ1n) is 9.78. The van der Waals surface area contributed by atoms with Crippen LogP contribution in [0.1, 0.15) is 48.9 Å². The molecule has 6 heteroatoms. The second kappa shape index (κ2) is 8.33. The molecule has 2 aromatic rings. The lowest BCUT2D eigenvalue weighted by molar-refractivity contribution is -0.116. The molecular formula is C22H24N2O4. The number of hydrogen-bond acceptors (Lipinski definition) is 4. The molecule has 2 aliphatic rings. The van der Waals surface area contributed by atoms with Crippen molar-refractivity contribution in [1.29, 1.82) is 0 Å². The van der Waals surface area contributed by atoms with Gasteiger partial charge in [-0.15, -0.1) is 0 Å². The van der Waals surface area contributed by atoms with Gasteiger partial charge in [0.1, 0.15) is 0 Å². The van der Waals surface area contributed by atoms with Crippen LogP contribution in [0.4, 0.5) is 11.4 Å². The standard InChI is InChI=1S/C22H24N2O4/c25-21(11-8-15-4-1-2-5-15)23-17-6-3-7-18(13-17)24-22(26)16-9-10-19-20(12-16)28-14-27-19/h3,6-7,9-10,12-13,15H,1-2,4-5,8,11,14H2,(H,23,25)(H,24,26). The number of nitrogens with one attached hydrogen (secondary N) is 2. The molecule has 0 unspecified atom stereocenters. The Bertz CT molecular complexity index is 875. The van der Waals surface area contributed by atoms with Gasteiger partial charge in [-0.2, -0.15) is 0 Å². The fourth-order valence-electron chi connectivity index (χ4n) is 3.77. The van der Waals surface area contributed by atoms with Gasteiger partial charge < -0.3 is 20.1 Å². The zero-order valence-electron chi connectivity index (χ0n) is 15.7. The van der Waals surface area contributed by atoms with Crippen LogP contribution < -0.4 is 20.1 Å². The summed E-state index contributed by atoms with van der Waals surface area (Å²) in [5.41, 5.74) is 1.78. The molecule has 1 fully saturated rings. The van der Waals surface area contributed by atoms with Gasteiger partial charge in [-0.05, 0) is 48.7 Å². The van der Waals surface area contributed by atoms with Crippen LogP contribution in [-0.2, 0) is 4.79 Å². The van der Waals surface area contributed by atoms with Gasteiger partial charge in [0, 0.05) is 23.4 Å². The number of fused-ring (bicyclic) bond motifs is 1. The molecule has 1 aliphatic carbocycles. The molecule has 0 atom stereocenters. The Morgan fingerprint density at radius 2 is 1.68 bits per heavy atom. The number of anilines is 2. The molecule has 28 heavy (non-hydrogen) atoms. The van der Waals surface area contributed by atoms with Crippen LogP contribution in [-0.4, -0.2) is 18.6 Å². The molecule has 0 saturated heterocycles. The number of carbonyl (C=O) groups is 2. The van der Waals surface area contributed by atoms with E-state index < -0.39 is 0 Å². The van der Waals surface area contributed by atoms with Gasteiger partial charge >= 0.3 is 0 Å². The maximum absolute atomic E-state index is 12.5. The van der Waals surface area contributed by atoms with Gasteiger partial charge in [0.2, 0.25) is 12.7 Å². The van der Waals surface area contributed by atoms with E-state index in [1.54, 1.807) is 30.3 Å². The summed E-state index contributed by atoms with van der Waals surface area (Å²) in [7, 11) is 0. The highest BCUT2D eigenvalue weighted by molar-refractivity contribution is 6.05. The van der Waals surface area contributed by atoms with Crippen molar-refractivity contribution in [3.8, 4) is 11.5 Å². The van der Waals surface area contributed by atoms with Crippen LogP contribution >= 0.6 is 0 Å². The smallest absolute Gasteiger partial charge is 0.255 e. The number of carbonyl (C=O) groups excluding carboxylic acids is 2. The topological polar surface area (TPSA) is 76.7 Å². The molecule has 2 N–H and O–H groups in total. The van der Waals surface area contributed by atoms with E-state index in [2.05, 4.69) is 10.6 Å². The largest absolute Gasteiger partial charge is 0.454 e. The van der Waals surface area contributed by atoms with Crippen LogP contribution in [0.25, 0.3) is 0 Å². The lowest BCUT2D eigenvalue weighted by atomic mass is 10.0. The minimum Gasteiger partial charge on any atom is -0.454 e. The van der Waals surface area contributed by atoms with Crippen LogP contribution in [0.15, 0.2) is 42.5 Å². The minimum absolute atomic E-state index is 0.0196. The maximum Gasteiger partial charge on any atom is 0.255 e. The van der Waals surface area contributed by atoms with Crippen molar-refractivity contribution in [1.82, 2.24) is 0 Å². The van der Waals surface area contributed by atoms with Crippen molar-refractivity contribution in [3.63, 3.8) is 0 Å². The number of amides is 2. The third-order valence-corrected chi connectivity index (χ3v) is 5.29. The average Bonchev–Trinajstić information content (AvgIpc) is 3.37. The van der Waals surface area contributed by atoms with Crippen molar-refractivity contribution >= 4 is 23.2 Å². The summed E-state index contributed by atoms with van der Waals surface area (Å²) in [5, 5.41) is 5.78. The van der Waals surface area contributed by atoms with Crippen LogP contribution in [0.3, 0.4) is 0 Å². The fourth-order valence-corrected chi connectivity index (χ4v) is 3.77. The highest BCUT2D eigenvalue weighted by Crippen LogP contribution is 2.33. The van der Waals surface area contributed by atoms with Crippen molar-refractivity contribution in [2.45, 2.75) is 38.5 Å². The average molecular weight is 380 g/mol. The molecule has 146 valence electrons. The lowest BCUT2D eigenvalue weighted by Gasteiger charge is -2.11. The fraction of sp³-hybridized carbons (Fsp3) is 0.364. The molecule has 0 bridgehead atoms. The quantitative estimate of drug-likeness (QED) is 0.769. The first-order chi connectivity index (χ1) is 13.7. The number of hydrogen-bond donors (Lipinski definition) is 2. The molecule has 0 aromatic heterocycles. The van der Waals surface area contributed by atoms with Gasteiger partial charge in [0.05, 0.1) is 0 Å². The second-order valence-corrected chi connectivity index (χ2v) is 7.34. The third-order valence-electron chi connectivity index (χ3n) is 5.29. The molecule has 1 heterocycles. The Hall–Kier alpha value is -3.02. The molecule has 2 aromatic carbocycles. The van der Waals surface area contributed by atoms with E-state index >= 15 is 0 Å². The monoisotopic (exact) mass is 380 g/mol. The van der Waals surface area contributed by atoms with E-state index in [1.165, 1.54) is 25.7 Å². The highest BCUT2D eigenvalue weighted by Gasteiger charge is 2.17. The SMILES string of the molecule is O=C(CCC1CCCC1)Nc1cccc(NC(=O)c2ccc3c(c2)OCO3)c1. The van der Waals surface area contributed by atoms with Crippen LogP contribution in [0, 0.1) is 5.92 Å². The first-order valence-corrected chi connectivity index (χ1v) is 9.78. The number of benzene rings is 2. The zero-order chi connectivity index (χ0) is 19.3. The van der Waals surface area contributed by atoms with E-state index in [0.717, 1.165) is 6.42 Å². The third kappa shape index (κ3) is 4.44. The van der Waals surface area contributed by atoms with Crippen LogP contribution in [0.2, 0.25) is 0 Å². The van der Waals surface area contributed by atoms with Crippen molar-refractivity contribution in [3.05, 3.63) is 48.0 Å². The van der Waals surface area contributed by atoms with Crippen molar-refractivity contribution in [2.24, 2.45) is 5.92 Å². The van der Waals surface area contributed by atoms with E-state index in [4.69, 9.17) is 9.47 Å². The second-order valence-electron chi connectivity index (χ2n) is 7.34. The molecule has 6 nitrogen and oxygen atoms in total. The van der Waals surface area contributed by atoms with Crippen LogP contribution in [0.5, 0.6) is 11.5 Å². The van der Waals surface area contributed by atoms with Crippen molar-refractivity contribution < 1.29 is 19.1 Å². The Morgan fingerprint density at radius 3 is 2.50 bits per heavy atom. The molecule has 4 rings (SSSR count). The first kappa shape index (κ1) is 18.3. The number of ether oxygens (including phenoxy) is 2. The van der Waals surface area contributed by atoms with E-state index in [0.29, 0.717) is 40.8 Å². The Kier molecular flexibility index (Phi) is 5.46. The van der Waals surface area contributed by atoms with Gasteiger partial charge in [0.15, 0.2) is 11.5 Å². The summed E-state index contributed by atoms with van der Waals surface area (Å²) in [6.45, 7) is 0.170. The van der Waals surface area contributed by atoms with Gasteiger partial charge in [0.25, 0.3) is 5.91 Å². The van der Waals surface area contributed by atoms with E-state index in [9.17, 15) is 9.59 Å². The van der Waals surface area contributed by atoms with Crippen molar-refractivity contribution in [2.75, 3.05) is 17.4 Å². The Labute approximate surface area is 164 Å². The predicted octanol–water partition coefficient (Wildman–Crippen LogP) is 4.58. The van der Waals surface area contributed by atoms with Gasteiger partial charge in [-0.3, -0.25) is 9.59 Å². The van der Waals surface area contributed by atoms with E-state index in [-0.39, 0.29) is 18.6 Å². The molecule has 1 saturated carbocycles. The normalized spacial score (nSPS) is 15.4. The Morgan fingerprint density at radius 1 is 0.929 bits per heavy atom. The minimum atomic E-state index is -0.247. The molecule has 1 aliphatic heterocycles. The Balaban J connectivity index is 1.34. The highest BCUT2D eigenvalue weighted by atomic mass is 16.7. The lowest BCUT2D eigenvalue weighted by Crippen LogP contribution is -2.14. The summed E-state index contributed by atoms with van der Waals surface area (Å²) >= 11 is 0. The van der Waals surface area contributed by atoms with E-state index in [1.807, 2.05) is 12.1 Å². The molecule has 0 spiro atoms. The maximum atomic E-state index is 12.5. The number of rotatable bonds is 6. The summed E-state index contributed by atoms with van der Waals surface area (Å²) in [5.74, 6) is 1.67. The molecular weight excluding hydrogens is 356 g/mol. The summed E-state index contributed by atoms with van der Waals surface area (Å²) in [4.78, 5) is 24.7. The van der Waals surface area contributed by atoms with Gasteiger partial charge in [-0.1, -0.05) is 31.7 Å².